The fourth-order valence-electron chi connectivity index (χ4n) is 2.12. The van der Waals surface area contributed by atoms with Crippen LogP contribution >= 0.6 is 11.3 Å². The van der Waals surface area contributed by atoms with Crippen LogP contribution in [0, 0.1) is 0 Å². The molecule has 0 atom stereocenters. The minimum atomic E-state index is -1.37. The van der Waals surface area contributed by atoms with Crippen LogP contribution in [0.5, 0.6) is 0 Å². The Hall–Kier alpha value is -2.87. The van der Waals surface area contributed by atoms with Gasteiger partial charge in [-0.25, -0.2) is 9.78 Å². The van der Waals surface area contributed by atoms with Gasteiger partial charge in [0.15, 0.2) is 5.13 Å². The van der Waals surface area contributed by atoms with Crippen LogP contribution in [0.2, 0.25) is 0 Å². The summed E-state index contributed by atoms with van der Waals surface area (Å²) in [6.07, 6.45) is 1.64. The molecule has 0 saturated heterocycles. The summed E-state index contributed by atoms with van der Waals surface area (Å²) >= 11 is 1.27. The van der Waals surface area contributed by atoms with Gasteiger partial charge in [0.1, 0.15) is 0 Å². The molecule has 24 heavy (non-hydrogen) atoms. The molecular formula is C16H14N2O5S. The van der Waals surface area contributed by atoms with E-state index in [0.29, 0.717) is 5.13 Å². The minimum absolute atomic E-state index is 0.337. The number of carbonyl (C=O) groups excluding carboxylic acids is 1. The van der Waals surface area contributed by atoms with Crippen molar-refractivity contribution in [1.82, 2.24) is 4.98 Å². The summed E-state index contributed by atoms with van der Waals surface area (Å²) in [6.45, 7) is 3.04. The van der Waals surface area contributed by atoms with Gasteiger partial charge in [0.25, 0.3) is 11.7 Å². The van der Waals surface area contributed by atoms with Crippen molar-refractivity contribution in [3.05, 3.63) is 48.0 Å². The van der Waals surface area contributed by atoms with E-state index in [-0.39, 0.29) is 5.76 Å². The normalized spacial score (nSPS) is 15.6. The lowest BCUT2D eigenvalue weighted by molar-refractivity contribution is -0.151. The van der Waals surface area contributed by atoms with Crippen LogP contribution in [-0.2, 0) is 19.1 Å². The van der Waals surface area contributed by atoms with E-state index in [0.717, 1.165) is 10.4 Å². The van der Waals surface area contributed by atoms with E-state index in [1.807, 2.05) is 30.3 Å². The Morgan fingerprint density at radius 2 is 1.83 bits per heavy atom. The predicted molar refractivity (Wildman–Crippen MR) is 87.1 cm³/mol. The number of amides is 1. The fraction of sp³-hybridized carbons (Fsp3) is 0.188. The zero-order chi connectivity index (χ0) is 17.3. The number of rotatable bonds is 4. The molecule has 0 spiro atoms. The molecule has 124 valence electrons. The number of aromatic nitrogens is 1. The van der Waals surface area contributed by atoms with Crippen LogP contribution in [0.15, 0.2) is 48.0 Å². The molecule has 1 amide bonds. The maximum absolute atomic E-state index is 12.3. The fourth-order valence-corrected chi connectivity index (χ4v) is 2.93. The Bertz CT molecular complexity index is 826. The topological polar surface area (TPSA) is 97.8 Å². The average molecular weight is 346 g/mol. The zero-order valence-corrected chi connectivity index (χ0v) is 13.7. The van der Waals surface area contributed by atoms with Gasteiger partial charge in [-0.1, -0.05) is 41.7 Å². The minimum Gasteiger partial charge on any atom is -0.475 e. The van der Waals surface area contributed by atoms with E-state index >= 15 is 0 Å². The van der Waals surface area contributed by atoms with Crippen molar-refractivity contribution in [1.29, 1.82) is 0 Å². The van der Waals surface area contributed by atoms with E-state index in [2.05, 4.69) is 10.3 Å². The summed E-state index contributed by atoms with van der Waals surface area (Å²) in [5, 5.41) is 12.0. The van der Waals surface area contributed by atoms with E-state index in [1.54, 1.807) is 6.20 Å². The number of benzene rings is 1. The Kier molecular flexibility index (Phi) is 3.98. The first kappa shape index (κ1) is 16.0. The zero-order valence-electron chi connectivity index (χ0n) is 12.9. The number of carboxylic acids is 1. The van der Waals surface area contributed by atoms with E-state index in [4.69, 9.17) is 14.6 Å². The first-order chi connectivity index (χ1) is 11.4. The third-order valence-electron chi connectivity index (χ3n) is 3.09. The SMILES string of the molecule is CC1(C)OC(C(=O)O)=C(C(=O)Nc2ncc(-c3ccccc3)s2)O1. The molecule has 8 heteroatoms. The molecule has 0 radical (unpaired) electrons. The van der Waals surface area contributed by atoms with Crippen molar-refractivity contribution in [2.45, 2.75) is 19.6 Å². The van der Waals surface area contributed by atoms with Crippen molar-refractivity contribution in [3.8, 4) is 10.4 Å². The summed E-state index contributed by atoms with van der Waals surface area (Å²) in [5.41, 5.74) is 0.975. The molecule has 2 N–H and O–H groups in total. The smallest absolute Gasteiger partial charge is 0.375 e. The monoisotopic (exact) mass is 346 g/mol. The van der Waals surface area contributed by atoms with Gasteiger partial charge in [0.05, 0.1) is 4.88 Å². The lowest BCUT2D eigenvalue weighted by Crippen LogP contribution is -2.23. The molecule has 3 rings (SSSR count). The highest BCUT2D eigenvalue weighted by atomic mass is 32.1. The Balaban J connectivity index is 1.79. The van der Waals surface area contributed by atoms with Crippen molar-refractivity contribution in [2.24, 2.45) is 0 Å². The highest BCUT2D eigenvalue weighted by molar-refractivity contribution is 7.19. The molecule has 7 nitrogen and oxygen atoms in total. The van der Waals surface area contributed by atoms with Crippen LogP contribution in [0.25, 0.3) is 10.4 Å². The molecule has 1 aromatic carbocycles. The first-order valence-electron chi connectivity index (χ1n) is 7.04. The lowest BCUT2D eigenvalue weighted by atomic mass is 10.2. The van der Waals surface area contributed by atoms with E-state index in [9.17, 15) is 9.59 Å². The number of carboxylic acid groups (broad SMARTS) is 1. The molecule has 0 fully saturated rings. The standard InChI is InChI=1S/C16H14N2O5S/c1-16(2)22-11(12(23-16)14(20)21)13(19)18-15-17-8-10(24-15)9-6-4-3-5-7-9/h3-8H,1-2H3,(H,20,21)(H,17,18,19). The molecule has 2 heterocycles. The molecule has 1 aromatic heterocycles. The number of hydrogen-bond acceptors (Lipinski definition) is 6. The number of aliphatic carboxylic acids is 1. The van der Waals surface area contributed by atoms with Crippen molar-refractivity contribution >= 4 is 28.3 Å². The lowest BCUT2D eigenvalue weighted by Gasteiger charge is -2.17. The second-order valence-corrected chi connectivity index (χ2v) is 6.45. The largest absolute Gasteiger partial charge is 0.475 e. The maximum atomic E-state index is 12.3. The first-order valence-corrected chi connectivity index (χ1v) is 7.85. The van der Waals surface area contributed by atoms with Crippen LogP contribution < -0.4 is 5.32 Å². The highest BCUT2D eigenvalue weighted by Crippen LogP contribution is 2.33. The van der Waals surface area contributed by atoms with Gasteiger partial charge in [-0.3, -0.25) is 10.1 Å². The van der Waals surface area contributed by atoms with Gasteiger partial charge >= 0.3 is 5.97 Å². The second-order valence-electron chi connectivity index (χ2n) is 5.42. The summed E-state index contributed by atoms with van der Waals surface area (Å²) in [6, 6.07) is 9.58. The quantitative estimate of drug-likeness (QED) is 0.883. The molecule has 0 aliphatic carbocycles. The Labute approximate surface area is 141 Å². The number of hydrogen-bond donors (Lipinski definition) is 2. The summed E-state index contributed by atoms with van der Waals surface area (Å²) in [7, 11) is 0. The molecule has 0 bridgehead atoms. The number of ether oxygens (including phenoxy) is 2. The second kappa shape index (κ2) is 5.97. The predicted octanol–water partition coefficient (Wildman–Crippen LogP) is 2.83. The van der Waals surface area contributed by atoms with Gasteiger partial charge in [-0.05, 0) is 5.56 Å². The Morgan fingerprint density at radius 1 is 1.17 bits per heavy atom. The van der Waals surface area contributed by atoms with Crippen molar-refractivity contribution < 1.29 is 24.2 Å². The molecule has 2 aromatic rings. The van der Waals surface area contributed by atoms with E-state index in [1.165, 1.54) is 25.2 Å². The molecule has 1 aliphatic rings. The third-order valence-corrected chi connectivity index (χ3v) is 4.05. The van der Waals surface area contributed by atoms with Crippen LogP contribution in [0.4, 0.5) is 5.13 Å². The Morgan fingerprint density at radius 3 is 2.50 bits per heavy atom. The molecule has 1 aliphatic heterocycles. The summed E-state index contributed by atoms with van der Waals surface area (Å²) in [5.74, 6) is -4.18. The van der Waals surface area contributed by atoms with Crippen LogP contribution in [-0.4, -0.2) is 27.8 Å². The van der Waals surface area contributed by atoms with Crippen molar-refractivity contribution in [3.63, 3.8) is 0 Å². The average Bonchev–Trinajstić information content (AvgIpc) is 3.12. The van der Waals surface area contributed by atoms with Crippen LogP contribution in [0.1, 0.15) is 13.8 Å². The molecular weight excluding hydrogens is 332 g/mol. The molecule has 0 saturated carbocycles. The number of carbonyl (C=O) groups is 2. The maximum Gasteiger partial charge on any atom is 0.375 e. The number of anilines is 1. The van der Waals surface area contributed by atoms with Gasteiger partial charge in [0, 0.05) is 20.0 Å². The van der Waals surface area contributed by atoms with Crippen molar-refractivity contribution in [2.75, 3.05) is 5.32 Å². The highest BCUT2D eigenvalue weighted by Gasteiger charge is 2.41. The van der Waals surface area contributed by atoms with Gasteiger partial charge in [-0.15, -0.1) is 0 Å². The van der Waals surface area contributed by atoms with Gasteiger partial charge in [-0.2, -0.15) is 0 Å². The molecule has 0 unspecified atom stereocenters. The summed E-state index contributed by atoms with van der Waals surface area (Å²) < 4.78 is 10.4. The number of thiazole rings is 1. The van der Waals surface area contributed by atoms with Gasteiger partial charge < -0.3 is 14.6 Å². The number of nitrogens with zero attached hydrogens (tertiary/aromatic N) is 1. The van der Waals surface area contributed by atoms with Crippen LogP contribution in [0.3, 0.4) is 0 Å². The third kappa shape index (κ3) is 3.23. The van der Waals surface area contributed by atoms with E-state index < -0.39 is 23.4 Å². The summed E-state index contributed by atoms with van der Waals surface area (Å²) in [4.78, 5) is 28.5. The van der Waals surface area contributed by atoms with Gasteiger partial charge in [0.2, 0.25) is 11.5 Å². The number of nitrogens with one attached hydrogen (secondary N) is 1.